The number of carbonyl (C=O) groups is 2. The van der Waals surface area contributed by atoms with Gasteiger partial charge in [-0.1, -0.05) is 0 Å². The maximum atomic E-state index is 12.4. The van der Waals surface area contributed by atoms with E-state index >= 15 is 0 Å². The molecule has 0 radical (unpaired) electrons. The van der Waals surface area contributed by atoms with Crippen molar-refractivity contribution in [1.82, 2.24) is 15.2 Å². The van der Waals surface area contributed by atoms with Crippen molar-refractivity contribution in [3.8, 4) is 0 Å². The number of aromatic nitrogens is 1. The van der Waals surface area contributed by atoms with Crippen molar-refractivity contribution in [2.24, 2.45) is 0 Å². The number of likely N-dealkylation sites (tertiary alicyclic amines) is 1. The Balaban J connectivity index is 1.67. The van der Waals surface area contributed by atoms with Gasteiger partial charge in [-0.15, -0.1) is 0 Å². The van der Waals surface area contributed by atoms with Gasteiger partial charge in [0.1, 0.15) is 0 Å². The second-order valence-electron chi connectivity index (χ2n) is 5.38. The van der Waals surface area contributed by atoms with Crippen molar-refractivity contribution in [2.45, 2.75) is 30.7 Å². The zero-order valence-electron chi connectivity index (χ0n) is 10.7. The van der Waals surface area contributed by atoms with E-state index in [0.717, 1.165) is 37.8 Å². The van der Waals surface area contributed by atoms with Gasteiger partial charge in [-0.05, 0) is 37.0 Å². The van der Waals surface area contributed by atoms with Crippen LogP contribution in [0.2, 0.25) is 0 Å². The molecule has 2 heterocycles. The standard InChI is InChI=1S/C14H17N3O2/c18-10-17-8-3-12(9-17)16-13(19)14(4-5-14)11-1-6-15-7-2-11/h1-2,6-7,10,12H,3-5,8-9H2,(H,16,19). The van der Waals surface area contributed by atoms with Gasteiger partial charge >= 0.3 is 0 Å². The molecule has 1 aliphatic carbocycles. The van der Waals surface area contributed by atoms with Gasteiger partial charge in [0.25, 0.3) is 0 Å². The Hall–Kier alpha value is -1.91. The Morgan fingerprint density at radius 2 is 2.16 bits per heavy atom. The first-order chi connectivity index (χ1) is 9.24. The third-order valence-corrected chi connectivity index (χ3v) is 4.12. The maximum Gasteiger partial charge on any atom is 0.230 e. The quantitative estimate of drug-likeness (QED) is 0.799. The van der Waals surface area contributed by atoms with E-state index in [1.54, 1.807) is 17.3 Å². The lowest BCUT2D eigenvalue weighted by Crippen LogP contribution is -2.42. The fraction of sp³-hybridized carbons (Fsp3) is 0.500. The van der Waals surface area contributed by atoms with Crippen LogP contribution >= 0.6 is 0 Å². The van der Waals surface area contributed by atoms with Crippen LogP contribution in [0, 0.1) is 0 Å². The summed E-state index contributed by atoms with van der Waals surface area (Å²) in [7, 11) is 0. The summed E-state index contributed by atoms with van der Waals surface area (Å²) < 4.78 is 0. The molecule has 0 spiro atoms. The van der Waals surface area contributed by atoms with E-state index in [9.17, 15) is 9.59 Å². The zero-order chi connectivity index (χ0) is 13.3. The van der Waals surface area contributed by atoms with Crippen LogP contribution in [0.4, 0.5) is 0 Å². The highest BCUT2D eigenvalue weighted by Gasteiger charge is 2.51. The number of hydrogen-bond acceptors (Lipinski definition) is 3. The molecule has 19 heavy (non-hydrogen) atoms. The number of amides is 2. The molecule has 1 aromatic heterocycles. The minimum Gasteiger partial charge on any atom is -0.351 e. The fourth-order valence-corrected chi connectivity index (χ4v) is 2.77. The van der Waals surface area contributed by atoms with Gasteiger partial charge < -0.3 is 10.2 Å². The first kappa shape index (κ1) is 12.1. The maximum absolute atomic E-state index is 12.4. The van der Waals surface area contributed by atoms with E-state index in [0.29, 0.717) is 6.54 Å². The normalized spacial score (nSPS) is 24.0. The molecule has 1 N–H and O–H groups in total. The number of nitrogens with one attached hydrogen (secondary N) is 1. The monoisotopic (exact) mass is 259 g/mol. The van der Waals surface area contributed by atoms with Crippen LogP contribution in [0.1, 0.15) is 24.8 Å². The summed E-state index contributed by atoms with van der Waals surface area (Å²) >= 11 is 0. The van der Waals surface area contributed by atoms with Crippen LogP contribution in [0.5, 0.6) is 0 Å². The van der Waals surface area contributed by atoms with Crippen molar-refractivity contribution in [1.29, 1.82) is 0 Å². The Morgan fingerprint density at radius 3 is 2.74 bits per heavy atom. The molecule has 5 heteroatoms. The Morgan fingerprint density at radius 1 is 1.42 bits per heavy atom. The number of rotatable bonds is 4. The van der Waals surface area contributed by atoms with E-state index in [4.69, 9.17) is 0 Å². The molecule has 3 rings (SSSR count). The van der Waals surface area contributed by atoms with Gasteiger partial charge in [0, 0.05) is 31.5 Å². The lowest BCUT2D eigenvalue weighted by molar-refractivity contribution is -0.124. The Bertz CT molecular complexity index is 485. The number of hydrogen-bond donors (Lipinski definition) is 1. The highest BCUT2D eigenvalue weighted by Crippen LogP contribution is 2.48. The van der Waals surface area contributed by atoms with E-state index in [-0.39, 0.29) is 17.4 Å². The average molecular weight is 259 g/mol. The van der Waals surface area contributed by atoms with Crippen LogP contribution in [0.3, 0.4) is 0 Å². The molecule has 5 nitrogen and oxygen atoms in total. The minimum absolute atomic E-state index is 0.0939. The lowest BCUT2D eigenvalue weighted by Gasteiger charge is -2.19. The summed E-state index contributed by atoms with van der Waals surface area (Å²) in [5.74, 6) is 0.0939. The van der Waals surface area contributed by atoms with Crippen molar-refractivity contribution in [3.05, 3.63) is 30.1 Å². The molecule has 2 aliphatic rings. The SMILES string of the molecule is O=CN1CCC(NC(=O)C2(c3ccncc3)CC2)C1. The molecule has 1 saturated carbocycles. The van der Waals surface area contributed by atoms with E-state index in [1.165, 1.54) is 0 Å². The lowest BCUT2D eigenvalue weighted by atomic mass is 9.95. The summed E-state index contributed by atoms with van der Waals surface area (Å²) in [5, 5.41) is 3.08. The van der Waals surface area contributed by atoms with E-state index in [2.05, 4.69) is 10.3 Å². The summed E-state index contributed by atoms with van der Waals surface area (Å²) in [6.45, 7) is 1.36. The molecule has 100 valence electrons. The van der Waals surface area contributed by atoms with Gasteiger partial charge in [0.05, 0.1) is 5.41 Å². The van der Waals surface area contributed by atoms with Crippen LogP contribution < -0.4 is 5.32 Å². The van der Waals surface area contributed by atoms with Gasteiger partial charge in [0.15, 0.2) is 0 Å². The van der Waals surface area contributed by atoms with Crippen molar-refractivity contribution in [2.75, 3.05) is 13.1 Å². The second kappa shape index (κ2) is 4.64. The van der Waals surface area contributed by atoms with E-state index < -0.39 is 0 Å². The molecule has 1 atom stereocenters. The Kier molecular flexibility index (Phi) is 2.97. The minimum atomic E-state index is -0.350. The molecular formula is C14H17N3O2. The van der Waals surface area contributed by atoms with Crippen LogP contribution in [-0.4, -0.2) is 41.3 Å². The highest BCUT2D eigenvalue weighted by molar-refractivity contribution is 5.91. The average Bonchev–Trinajstić information content (AvgIpc) is 3.15. The van der Waals surface area contributed by atoms with Crippen LogP contribution in [-0.2, 0) is 15.0 Å². The van der Waals surface area contributed by atoms with Crippen molar-refractivity contribution < 1.29 is 9.59 Å². The number of pyridine rings is 1. The third-order valence-electron chi connectivity index (χ3n) is 4.12. The zero-order valence-corrected chi connectivity index (χ0v) is 10.7. The largest absolute Gasteiger partial charge is 0.351 e. The van der Waals surface area contributed by atoms with Crippen LogP contribution in [0.25, 0.3) is 0 Å². The summed E-state index contributed by atoms with van der Waals surface area (Å²) in [6, 6.07) is 3.93. The number of nitrogens with zero attached hydrogens (tertiary/aromatic N) is 2. The van der Waals surface area contributed by atoms with Gasteiger partial charge in [-0.3, -0.25) is 14.6 Å². The highest BCUT2D eigenvalue weighted by atomic mass is 16.2. The fourth-order valence-electron chi connectivity index (χ4n) is 2.77. The first-order valence-electron chi connectivity index (χ1n) is 6.65. The molecule has 1 aliphatic heterocycles. The molecule has 1 unspecified atom stereocenters. The van der Waals surface area contributed by atoms with Crippen LogP contribution in [0.15, 0.2) is 24.5 Å². The Labute approximate surface area is 112 Å². The topological polar surface area (TPSA) is 62.3 Å². The molecule has 1 saturated heterocycles. The molecule has 2 fully saturated rings. The van der Waals surface area contributed by atoms with Gasteiger partial charge in [-0.25, -0.2) is 0 Å². The molecule has 0 aromatic carbocycles. The molecule has 2 amide bonds. The first-order valence-corrected chi connectivity index (χ1v) is 6.65. The predicted octanol–water partition coefficient (Wildman–Crippen LogP) is 0.460. The summed E-state index contributed by atoms with van der Waals surface area (Å²) in [5.41, 5.74) is 0.697. The molecular weight excluding hydrogens is 242 g/mol. The summed E-state index contributed by atoms with van der Waals surface area (Å²) in [6.07, 6.45) is 6.94. The van der Waals surface area contributed by atoms with Crippen molar-refractivity contribution in [3.63, 3.8) is 0 Å². The smallest absolute Gasteiger partial charge is 0.230 e. The van der Waals surface area contributed by atoms with E-state index in [1.807, 2.05) is 12.1 Å². The van der Waals surface area contributed by atoms with Gasteiger partial charge in [0.2, 0.25) is 12.3 Å². The van der Waals surface area contributed by atoms with Gasteiger partial charge in [-0.2, -0.15) is 0 Å². The van der Waals surface area contributed by atoms with Crippen molar-refractivity contribution >= 4 is 12.3 Å². The number of carbonyl (C=O) groups excluding carboxylic acids is 2. The molecule has 0 bridgehead atoms. The predicted molar refractivity (Wildman–Crippen MR) is 69.3 cm³/mol. The third kappa shape index (κ3) is 2.20. The second-order valence-corrected chi connectivity index (χ2v) is 5.38. The molecule has 1 aromatic rings. The summed E-state index contributed by atoms with van der Waals surface area (Å²) in [4.78, 5) is 28.8.